The van der Waals surface area contributed by atoms with Gasteiger partial charge in [-0.25, -0.2) is 4.98 Å². The van der Waals surface area contributed by atoms with Crippen LogP contribution in [0.4, 0.5) is 0 Å². The highest BCUT2D eigenvalue weighted by atomic mass is 16.5. The molecule has 44 heavy (non-hydrogen) atoms. The third-order valence-corrected chi connectivity index (χ3v) is 7.88. The Labute approximate surface area is 259 Å². The molecule has 2 N–H and O–H groups in total. The number of likely N-dealkylation sites (tertiary alicyclic amines) is 1. The van der Waals surface area contributed by atoms with Gasteiger partial charge in [-0.3, -0.25) is 14.4 Å². The number of hydrogen-bond acceptors (Lipinski definition) is 8. The second-order valence-corrected chi connectivity index (χ2v) is 12.3. The second-order valence-electron chi connectivity index (χ2n) is 12.3. The van der Waals surface area contributed by atoms with Gasteiger partial charge in [-0.15, -0.1) is 0 Å². The Kier molecular flexibility index (Phi) is 13.8. The van der Waals surface area contributed by atoms with Crippen LogP contribution < -0.4 is 0 Å². The number of aryl methyl sites for hydroxylation is 1. The molecule has 242 valence electrons. The zero-order valence-electron chi connectivity index (χ0n) is 26.5. The van der Waals surface area contributed by atoms with Gasteiger partial charge in [0.05, 0.1) is 11.3 Å². The fraction of sp³-hybridized carbons (Fsp3) is 0.625. The van der Waals surface area contributed by atoms with Gasteiger partial charge in [0.2, 0.25) is 0 Å². The molecule has 1 saturated carbocycles. The number of nitrogens with zero attached hydrogens (tertiary/aromatic N) is 6. The SMILES string of the molecule is CC(C)CCN(CCC(C)C)C(=O)c1ccc2nc(-c3nc(C4CC4)no3)c(CCCN3CCCC3)n2c1.O=CO.O=CO. The average Bonchev–Trinajstić information content (AvgIpc) is 3.34. The maximum absolute atomic E-state index is 13.7. The molecule has 0 aromatic carbocycles. The summed E-state index contributed by atoms with van der Waals surface area (Å²) >= 11 is 0. The van der Waals surface area contributed by atoms with Crippen LogP contribution in [0.2, 0.25) is 0 Å². The van der Waals surface area contributed by atoms with Crippen LogP contribution in [-0.4, -0.2) is 91.1 Å². The quantitative estimate of drug-likeness (QED) is 0.245. The highest BCUT2D eigenvalue weighted by Crippen LogP contribution is 2.39. The summed E-state index contributed by atoms with van der Waals surface area (Å²) in [6.07, 6.45) is 10.7. The highest BCUT2D eigenvalue weighted by Gasteiger charge is 2.30. The van der Waals surface area contributed by atoms with Crippen molar-refractivity contribution in [3.8, 4) is 11.6 Å². The van der Waals surface area contributed by atoms with Crippen molar-refractivity contribution in [1.82, 2.24) is 29.3 Å². The Bertz CT molecular complexity index is 1310. The summed E-state index contributed by atoms with van der Waals surface area (Å²) in [5, 5.41) is 18.0. The van der Waals surface area contributed by atoms with E-state index in [1.807, 2.05) is 23.2 Å². The summed E-state index contributed by atoms with van der Waals surface area (Å²) in [5.41, 5.74) is 3.33. The Morgan fingerprint density at radius 3 is 2.20 bits per heavy atom. The largest absolute Gasteiger partial charge is 0.483 e. The van der Waals surface area contributed by atoms with Crippen LogP contribution in [0, 0.1) is 11.8 Å². The number of hydrogen-bond donors (Lipinski definition) is 2. The minimum atomic E-state index is -0.250. The molecule has 5 rings (SSSR count). The zero-order chi connectivity index (χ0) is 32.1. The lowest BCUT2D eigenvalue weighted by Crippen LogP contribution is -2.34. The third kappa shape index (κ3) is 10.1. The van der Waals surface area contributed by atoms with Gasteiger partial charge in [0, 0.05) is 25.2 Å². The number of imidazole rings is 1. The molecule has 1 saturated heterocycles. The number of carbonyl (C=O) groups is 3. The van der Waals surface area contributed by atoms with E-state index in [2.05, 4.69) is 42.2 Å². The van der Waals surface area contributed by atoms with Gasteiger partial charge in [0.25, 0.3) is 24.7 Å². The van der Waals surface area contributed by atoms with Crippen LogP contribution in [0.1, 0.15) is 100 Å². The molecule has 4 heterocycles. The average molecular weight is 613 g/mol. The number of amides is 1. The molecule has 2 fully saturated rings. The van der Waals surface area contributed by atoms with Crippen molar-refractivity contribution < 1.29 is 29.1 Å². The maximum Gasteiger partial charge on any atom is 0.290 e. The normalized spacial score (nSPS) is 14.7. The molecule has 0 spiro atoms. The molecular weight excluding hydrogens is 564 g/mol. The molecule has 3 aromatic heterocycles. The lowest BCUT2D eigenvalue weighted by atomic mass is 10.1. The first-order valence-corrected chi connectivity index (χ1v) is 15.7. The summed E-state index contributed by atoms with van der Waals surface area (Å²) in [7, 11) is 0. The molecule has 12 nitrogen and oxygen atoms in total. The van der Waals surface area contributed by atoms with E-state index in [9.17, 15) is 4.79 Å². The van der Waals surface area contributed by atoms with Crippen molar-refractivity contribution >= 4 is 24.5 Å². The first kappa shape index (κ1) is 34.7. The fourth-order valence-corrected chi connectivity index (χ4v) is 5.27. The zero-order valence-corrected chi connectivity index (χ0v) is 26.5. The first-order valence-electron chi connectivity index (χ1n) is 15.7. The van der Waals surface area contributed by atoms with Crippen molar-refractivity contribution in [2.24, 2.45) is 11.8 Å². The van der Waals surface area contributed by atoms with Crippen LogP contribution in [0.25, 0.3) is 17.2 Å². The second kappa shape index (κ2) is 17.5. The van der Waals surface area contributed by atoms with Gasteiger partial charge >= 0.3 is 0 Å². The lowest BCUT2D eigenvalue weighted by Gasteiger charge is -2.24. The van der Waals surface area contributed by atoms with Crippen molar-refractivity contribution in [2.75, 3.05) is 32.7 Å². The Balaban J connectivity index is 0.000000816. The van der Waals surface area contributed by atoms with Gasteiger partial charge in [0.1, 0.15) is 5.65 Å². The molecule has 1 amide bonds. The van der Waals surface area contributed by atoms with Crippen LogP contribution >= 0.6 is 0 Å². The lowest BCUT2D eigenvalue weighted by molar-refractivity contribution is -0.123. The third-order valence-electron chi connectivity index (χ3n) is 7.88. The van der Waals surface area contributed by atoms with Crippen molar-refractivity contribution in [3.63, 3.8) is 0 Å². The molecule has 1 aliphatic carbocycles. The number of fused-ring (bicyclic) bond motifs is 1. The van der Waals surface area contributed by atoms with E-state index in [1.165, 1.54) is 25.9 Å². The number of carboxylic acid groups (broad SMARTS) is 2. The number of aromatic nitrogens is 4. The molecule has 0 atom stereocenters. The minimum absolute atomic E-state index is 0.0975. The molecule has 12 heteroatoms. The van der Waals surface area contributed by atoms with E-state index in [1.54, 1.807) is 0 Å². The standard InChI is InChI=1S/C30H44N6O2.2CH2O2/c1-21(2)13-18-35(19-14-22(3)4)30(37)24-11-12-26-31-27(29-32-28(33-38-29)23-9-10-23)25(36(26)20-24)8-7-17-34-15-5-6-16-34;2*2-1-3/h11-12,20-23H,5-10,13-19H2,1-4H3;2*1H,(H,2,3). The topological polar surface area (TPSA) is 154 Å². The van der Waals surface area contributed by atoms with E-state index in [0.717, 1.165) is 81.0 Å². The van der Waals surface area contributed by atoms with Gasteiger partial charge in [-0.1, -0.05) is 32.9 Å². The molecule has 3 aromatic rings. The summed E-state index contributed by atoms with van der Waals surface area (Å²) in [4.78, 5) is 44.6. The summed E-state index contributed by atoms with van der Waals surface area (Å²) in [5.74, 6) is 2.92. The van der Waals surface area contributed by atoms with Gasteiger partial charge in [0.15, 0.2) is 11.5 Å². The van der Waals surface area contributed by atoms with Crippen molar-refractivity contribution in [2.45, 2.75) is 85.0 Å². The summed E-state index contributed by atoms with van der Waals surface area (Å²) in [6.45, 7) is 13.4. The summed E-state index contributed by atoms with van der Waals surface area (Å²) < 4.78 is 7.80. The first-order chi connectivity index (χ1) is 21.2. The maximum atomic E-state index is 13.7. The van der Waals surface area contributed by atoms with E-state index < -0.39 is 0 Å². The van der Waals surface area contributed by atoms with E-state index in [0.29, 0.717) is 29.2 Å². The molecule has 0 unspecified atom stereocenters. The number of pyridine rings is 1. The van der Waals surface area contributed by atoms with Gasteiger partial charge in [-0.2, -0.15) is 4.98 Å². The number of carbonyl (C=O) groups excluding carboxylic acids is 1. The van der Waals surface area contributed by atoms with Crippen molar-refractivity contribution in [3.05, 3.63) is 35.4 Å². The molecule has 0 radical (unpaired) electrons. The Hall–Kier alpha value is -3.80. The monoisotopic (exact) mass is 612 g/mol. The molecule has 2 aliphatic rings. The summed E-state index contributed by atoms with van der Waals surface area (Å²) in [6, 6.07) is 3.88. The van der Waals surface area contributed by atoms with Crippen molar-refractivity contribution in [1.29, 1.82) is 0 Å². The fourth-order valence-electron chi connectivity index (χ4n) is 5.27. The van der Waals surface area contributed by atoms with E-state index >= 15 is 0 Å². The Morgan fingerprint density at radius 2 is 1.64 bits per heavy atom. The van der Waals surface area contributed by atoms with Crippen LogP contribution in [0.3, 0.4) is 0 Å². The van der Waals surface area contributed by atoms with E-state index in [4.69, 9.17) is 34.3 Å². The highest BCUT2D eigenvalue weighted by molar-refractivity contribution is 5.94. The Morgan fingerprint density at radius 1 is 1.02 bits per heavy atom. The van der Waals surface area contributed by atoms with Crippen LogP contribution in [-0.2, 0) is 16.0 Å². The van der Waals surface area contributed by atoms with Crippen LogP contribution in [0.15, 0.2) is 22.9 Å². The van der Waals surface area contributed by atoms with Gasteiger partial charge in [-0.05, 0) is 95.0 Å². The minimum Gasteiger partial charge on any atom is -0.483 e. The number of rotatable bonds is 13. The predicted molar refractivity (Wildman–Crippen MR) is 167 cm³/mol. The van der Waals surface area contributed by atoms with E-state index in [-0.39, 0.29) is 18.9 Å². The van der Waals surface area contributed by atoms with Crippen LogP contribution in [0.5, 0.6) is 0 Å². The molecule has 1 aliphatic heterocycles. The van der Waals surface area contributed by atoms with Gasteiger partial charge < -0.3 is 28.9 Å². The predicted octanol–water partition coefficient (Wildman–Crippen LogP) is 5.23. The molecule has 0 bridgehead atoms. The smallest absolute Gasteiger partial charge is 0.290 e. The molecular formula is C32H48N6O6.